The van der Waals surface area contributed by atoms with Crippen molar-refractivity contribution in [2.75, 3.05) is 17.3 Å². The molecular formula is C19H20N4O4S3. The largest absolute Gasteiger partial charge is 0.351 e. The minimum atomic E-state index is -3.08. The fourth-order valence-corrected chi connectivity index (χ4v) is 6.84. The highest BCUT2D eigenvalue weighted by Crippen LogP contribution is 2.32. The molecule has 2 atom stereocenters. The summed E-state index contributed by atoms with van der Waals surface area (Å²) in [5, 5.41) is 4.72. The number of sulfone groups is 1. The summed E-state index contributed by atoms with van der Waals surface area (Å²) in [5.74, 6) is 5.75. The third kappa shape index (κ3) is 4.09. The molecule has 3 N–H and O–H groups in total. The van der Waals surface area contributed by atoms with E-state index >= 15 is 0 Å². The van der Waals surface area contributed by atoms with E-state index in [0.717, 1.165) is 27.6 Å². The molecule has 11 heteroatoms. The highest BCUT2D eigenvalue weighted by Gasteiger charge is 2.30. The van der Waals surface area contributed by atoms with Crippen LogP contribution in [0.15, 0.2) is 45.7 Å². The number of nitrogens with one attached hydrogen (secondary N) is 1. The SMILES string of the molecule is CC(Sc1nc2scc(-c3ccccc3)c2c(=O)n1N)C(=O)NC1CCS(=O)(=O)C1. The van der Waals surface area contributed by atoms with E-state index in [9.17, 15) is 18.0 Å². The highest BCUT2D eigenvalue weighted by atomic mass is 32.2. The molecule has 0 radical (unpaired) electrons. The maximum absolute atomic E-state index is 12.9. The first kappa shape index (κ1) is 20.9. The molecule has 1 aliphatic rings. The molecule has 1 aliphatic heterocycles. The summed E-state index contributed by atoms with van der Waals surface area (Å²) in [5.41, 5.74) is 1.30. The summed E-state index contributed by atoms with van der Waals surface area (Å²) in [6.07, 6.45) is 0.411. The van der Waals surface area contributed by atoms with Gasteiger partial charge in [0.2, 0.25) is 5.91 Å². The predicted octanol–water partition coefficient (Wildman–Crippen LogP) is 1.62. The monoisotopic (exact) mass is 464 g/mol. The maximum Gasteiger partial charge on any atom is 0.282 e. The molecule has 2 aromatic heterocycles. The van der Waals surface area contributed by atoms with Crippen LogP contribution in [0.5, 0.6) is 0 Å². The summed E-state index contributed by atoms with van der Waals surface area (Å²) in [7, 11) is -3.08. The summed E-state index contributed by atoms with van der Waals surface area (Å²) in [4.78, 5) is 30.5. The fourth-order valence-electron chi connectivity index (χ4n) is 3.34. The Morgan fingerprint density at radius 3 is 2.77 bits per heavy atom. The van der Waals surface area contributed by atoms with Gasteiger partial charge in [0.1, 0.15) is 4.83 Å². The Labute approximate surface area is 181 Å². The van der Waals surface area contributed by atoms with Gasteiger partial charge in [-0.1, -0.05) is 42.1 Å². The molecule has 0 aliphatic carbocycles. The van der Waals surface area contributed by atoms with Crippen molar-refractivity contribution in [2.45, 2.75) is 29.8 Å². The number of nitrogen functional groups attached to an aromatic ring is 1. The van der Waals surface area contributed by atoms with Crippen LogP contribution in [0.4, 0.5) is 0 Å². The standard InChI is InChI=1S/C19H20N4O4S3/c1-11(16(24)21-13-7-8-30(26,27)10-13)29-19-22-17-15(18(25)23(19)20)14(9-28-17)12-5-3-2-4-6-12/h2-6,9,11,13H,7-8,10,20H2,1H3,(H,21,24). The molecule has 158 valence electrons. The number of benzene rings is 1. The number of nitrogens with zero attached hydrogens (tertiary/aromatic N) is 2. The lowest BCUT2D eigenvalue weighted by atomic mass is 10.1. The summed E-state index contributed by atoms with van der Waals surface area (Å²) in [6.45, 7) is 1.67. The lowest BCUT2D eigenvalue weighted by Crippen LogP contribution is -2.40. The van der Waals surface area contributed by atoms with Crippen LogP contribution in [0.2, 0.25) is 0 Å². The Morgan fingerprint density at radius 1 is 1.37 bits per heavy atom. The number of thiophene rings is 1. The quantitative estimate of drug-likeness (QED) is 0.334. The number of nitrogens with two attached hydrogens (primary N) is 1. The average Bonchev–Trinajstić information content (AvgIpc) is 3.29. The van der Waals surface area contributed by atoms with E-state index < -0.39 is 15.1 Å². The number of rotatable bonds is 5. The molecule has 3 heterocycles. The zero-order valence-electron chi connectivity index (χ0n) is 16.1. The van der Waals surface area contributed by atoms with E-state index in [1.54, 1.807) is 6.92 Å². The van der Waals surface area contributed by atoms with Gasteiger partial charge in [0, 0.05) is 17.0 Å². The molecule has 4 rings (SSSR count). The van der Waals surface area contributed by atoms with Crippen LogP contribution in [0.3, 0.4) is 0 Å². The van der Waals surface area contributed by atoms with Crippen molar-refractivity contribution < 1.29 is 13.2 Å². The number of thioether (sulfide) groups is 1. The zero-order valence-corrected chi connectivity index (χ0v) is 18.5. The lowest BCUT2D eigenvalue weighted by Gasteiger charge is -2.16. The molecule has 0 spiro atoms. The first-order valence-electron chi connectivity index (χ1n) is 9.27. The normalized spacial score (nSPS) is 19.0. The van der Waals surface area contributed by atoms with E-state index in [-0.39, 0.29) is 34.2 Å². The number of amides is 1. The van der Waals surface area contributed by atoms with Crippen molar-refractivity contribution in [1.82, 2.24) is 15.0 Å². The number of carbonyl (C=O) groups is 1. The topological polar surface area (TPSA) is 124 Å². The van der Waals surface area contributed by atoms with E-state index in [2.05, 4.69) is 10.3 Å². The van der Waals surface area contributed by atoms with Crippen molar-refractivity contribution in [2.24, 2.45) is 0 Å². The number of hydrogen-bond donors (Lipinski definition) is 2. The maximum atomic E-state index is 12.9. The Kier molecular flexibility index (Phi) is 5.60. The van der Waals surface area contributed by atoms with Crippen LogP contribution < -0.4 is 16.7 Å². The van der Waals surface area contributed by atoms with E-state index in [1.165, 1.54) is 11.3 Å². The van der Waals surface area contributed by atoms with Crippen molar-refractivity contribution in [1.29, 1.82) is 0 Å². The second-order valence-corrected chi connectivity index (χ2v) is 11.5. The Hall–Kier alpha value is -2.37. The summed E-state index contributed by atoms with van der Waals surface area (Å²) < 4.78 is 24.1. The number of fused-ring (bicyclic) bond motifs is 1. The van der Waals surface area contributed by atoms with Gasteiger partial charge >= 0.3 is 0 Å². The molecular weight excluding hydrogens is 444 g/mol. The van der Waals surface area contributed by atoms with Crippen molar-refractivity contribution >= 4 is 49.1 Å². The third-order valence-corrected chi connectivity index (χ3v) is 8.63. The first-order valence-corrected chi connectivity index (χ1v) is 12.9. The highest BCUT2D eigenvalue weighted by molar-refractivity contribution is 8.00. The van der Waals surface area contributed by atoms with Crippen LogP contribution >= 0.6 is 23.1 Å². The second kappa shape index (κ2) is 8.05. The van der Waals surface area contributed by atoms with E-state index in [4.69, 9.17) is 5.84 Å². The summed E-state index contributed by atoms with van der Waals surface area (Å²) >= 11 is 2.41. The molecule has 0 saturated carbocycles. The van der Waals surface area contributed by atoms with Gasteiger partial charge in [-0.2, -0.15) is 0 Å². The molecule has 2 unspecified atom stereocenters. The van der Waals surface area contributed by atoms with E-state index in [0.29, 0.717) is 16.6 Å². The fraction of sp³-hybridized carbons (Fsp3) is 0.316. The number of carbonyl (C=O) groups excluding carboxylic acids is 1. The molecule has 1 amide bonds. The molecule has 3 aromatic rings. The van der Waals surface area contributed by atoms with Gasteiger partial charge < -0.3 is 11.2 Å². The molecule has 1 fully saturated rings. The van der Waals surface area contributed by atoms with Gasteiger partial charge in [0.25, 0.3) is 5.56 Å². The van der Waals surface area contributed by atoms with Gasteiger partial charge in [-0.3, -0.25) is 9.59 Å². The van der Waals surface area contributed by atoms with Crippen LogP contribution in [0, 0.1) is 0 Å². The molecule has 8 nitrogen and oxygen atoms in total. The molecule has 1 aromatic carbocycles. The van der Waals surface area contributed by atoms with Crippen molar-refractivity contribution in [3.63, 3.8) is 0 Å². The van der Waals surface area contributed by atoms with Crippen LogP contribution in [-0.2, 0) is 14.6 Å². The minimum Gasteiger partial charge on any atom is -0.351 e. The lowest BCUT2D eigenvalue weighted by molar-refractivity contribution is -0.120. The molecule has 1 saturated heterocycles. The second-order valence-electron chi connectivity index (χ2n) is 7.13. The zero-order chi connectivity index (χ0) is 21.5. The predicted molar refractivity (Wildman–Crippen MR) is 120 cm³/mol. The van der Waals surface area contributed by atoms with Crippen molar-refractivity contribution in [3.05, 3.63) is 46.1 Å². The smallest absolute Gasteiger partial charge is 0.282 e. The van der Waals surface area contributed by atoms with Crippen LogP contribution in [0.1, 0.15) is 13.3 Å². The Bertz CT molecular complexity index is 1270. The first-order chi connectivity index (χ1) is 14.2. The van der Waals surface area contributed by atoms with Crippen LogP contribution in [0.25, 0.3) is 21.3 Å². The van der Waals surface area contributed by atoms with Gasteiger partial charge in [0.05, 0.1) is 22.1 Å². The third-order valence-electron chi connectivity index (χ3n) is 4.92. The average molecular weight is 465 g/mol. The molecule has 0 bridgehead atoms. The molecule has 30 heavy (non-hydrogen) atoms. The van der Waals surface area contributed by atoms with E-state index in [1.807, 2.05) is 35.7 Å². The van der Waals surface area contributed by atoms with Gasteiger partial charge in [0.15, 0.2) is 15.0 Å². The van der Waals surface area contributed by atoms with Gasteiger partial charge in [-0.25, -0.2) is 18.1 Å². The minimum absolute atomic E-state index is 0.0423. The van der Waals surface area contributed by atoms with Crippen molar-refractivity contribution in [3.8, 4) is 11.1 Å². The van der Waals surface area contributed by atoms with Gasteiger partial charge in [-0.05, 0) is 18.9 Å². The number of aromatic nitrogens is 2. The summed E-state index contributed by atoms with van der Waals surface area (Å²) in [6, 6.07) is 9.15. The number of hydrogen-bond acceptors (Lipinski definition) is 8. The van der Waals surface area contributed by atoms with Crippen LogP contribution in [-0.4, -0.2) is 46.8 Å². The van der Waals surface area contributed by atoms with Gasteiger partial charge in [-0.15, -0.1) is 11.3 Å². The Balaban J connectivity index is 1.57. The Morgan fingerprint density at radius 2 is 2.10 bits per heavy atom.